The Balaban J connectivity index is 1.29. The Kier molecular flexibility index (Phi) is 7.78. The van der Waals surface area contributed by atoms with Crippen LogP contribution in [0.25, 0.3) is 0 Å². The van der Waals surface area contributed by atoms with Gasteiger partial charge in [-0.3, -0.25) is 4.90 Å². The Hall–Kier alpha value is -3.03. The molecular weight excluding hydrogens is 452 g/mol. The van der Waals surface area contributed by atoms with E-state index >= 15 is 0 Å². The van der Waals surface area contributed by atoms with Gasteiger partial charge in [-0.1, -0.05) is 72.5 Å². The molecule has 0 radical (unpaired) electrons. The number of aliphatic hydroxyl groups excluding tert-OH is 1. The largest absolute Gasteiger partial charge is 0.455 e. The van der Waals surface area contributed by atoms with Crippen LogP contribution in [-0.2, 0) is 11.3 Å². The molecule has 190 valence electrons. The normalized spacial score (nSPS) is 23.4. The number of benzene rings is 2. The van der Waals surface area contributed by atoms with Crippen molar-refractivity contribution in [2.45, 2.75) is 70.2 Å². The second-order valence-electron chi connectivity index (χ2n) is 10.4. The number of carbonyl (C=O) groups is 1. The molecule has 7 nitrogen and oxygen atoms in total. The van der Waals surface area contributed by atoms with Gasteiger partial charge < -0.3 is 9.84 Å². The van der Waals surface area contributed by atoms with E-state index in [4.69, 9.17) is 4.74 Å². The highest BCUT2D eigenvalue weighted by Crippen LogP contribution is 2.38. The maximum atomic E-state index is 12.3. The van der Waals surface area contributed by atoms with E-state index in [1.165, 1.54) is 43.2 Å². The summed E-state index contributed by atoms with van der Waals surface area (Å²) in [6.45, 7) is 3.79. The highest BCUT2D eigenvalue weighted by Gasteiger charge is 2.38. The van der Waals surface area contributed by atoms with Crippen molar-refractivity contribution in [3.63, 3.8) is 0 Å². The Morgan fingerprint density at radius 1 is 1.06 bits per heavy atom. The fourth-order valence-electron chi connectivity index (χ4n) is 5.69. The quantitative estimate of drug-likeness (QED) is 0.478. The zero-order valence-electron chi connectivity index (χ0n) is 21.0. The monoisotopic (exact) mass is 488 g/mol. The number of aliphatic hydroxyl groups is 1. The molecule has 3 atom stereocenters. The van der Waals surface area contributed by atoms with Gasteiger partial charge in [0.05, 0.1) is 23.9 Å². The number of esters is 1. The molecule has 0 amide bonds. The van der Waals surface area contributed by atoms with E-state index in [0.29, 0.717) is 23.7 Å². The molecule has 0 spiro atoms. The molecule has 0 bridgehead atoms. The van der Waals surface area contributed by atoms with Gasteiger partial charge in [0.15, 0.2) is 0 Å². The molecular formula is C29H36N4O3. The number of piperidine rings is 1. The smallest absolute Gasteiger partial charge is 0.338 e. The van der Waals surface area contributed by atoms with Gasteiger partial charge in [-0.2, -0.15) is 0 Å². The molecule has 2 heterocycles. The predicted octanol–water partition coefficient (Wildman–Crippen LogP) is 4.87. The minimum atomic E-state index is -0.545. The maximum absolute atomic E-state index is 12.3. The zero-order valence-corrected chi connectivity index (χ0v) is 21.0. The van der Waals surface area contributed by atoms with Gasteiger partial charge >= 0.3 is 5.97 Å². The van der Waals surface area contributed by atoms with Crippen LogP contribution in [0.5, 0.6) is 0 Å². The molecule has 1 N–H and O–H groups in total. The third kappa shape index (κ3) is 5.85. The number of hydrogen-bond donors (Lipinski definition) is 1. The van der Waals surface area contributed by atoms with Gasteiger partial charge in [-0.15, -0.1) is 5.10 Å². The molecule has 36 heavy (non-hydrogen) atoms. The first kappa shape index (κ1) is 24.7. The highest BCUT2D eigenvalue weighted by molar-refractivity contribution is 5.89. The lowest BCUT2D eigenvalue weighted by atomic mass is 9.85. The van der Waals surface area contributed by atoms with Crippen LogP contribution in [0.1, 0.15) is 77.8 Å². The standard InChI is InChI=1S/C29H36N4O3/c1-21-12-14-23(15-13-21)26-16-27(28(34)19-32(26)17-22-8-4-2-5-9-22)33-18-25(30-31-33)20-36-29(35)24-10-6-3-7-11-24/h3,6-7,10-15,18,22,26-28,34H,2,4-5,8-9,16-17,19-20H2,1H3/t26-,27+,28+/m1/s1. The fourth-order valence-corrected chi connectivity index (χ4v) is 5.69. The molecule has 3 aromatic rings. The number of carbonyl (C=O) groups excluding carboxylic acids is 1. The molecule has 1 saturated carbocycles. The number of rotatable bonds is 7. The van der Waals surface area contributed by atoms with E-state index in [9.17, 15) is 9.90 Å². The molecule has 1 saturated heterocycles. The van der Waals surface area contributed by atoms with E-state index < -0.39 is 6.10 Å². The first-order valence-corrected chi connectivity index (χ1v) is 13.2. The van der Waals surface area contributed by atoms with Crippen molar-refractivity contribution >= 4 is 5.97 Å². The summed E-state index contributed by atoms with van der Waals surface area (Å²) in [7, 11) is 0. The summed E-state index contributed by atoms with van der Waals surface area (Å²) in [6.07, 6.45) is 8.55. The number of hydrogen-bond acceptors (Lipinski definition) is 6. The second-order valence-corrected chi connectivity index (χ2v) is 10.4. The number of likely N-dealkylation sites (tertiary alicyclic amines) is 1. The van der Waals surface area contributed by atoms with Crippen LogP contribution in [0.3, 0.4) is 0 Å². The molecule has 1 aliphatic heterocycles. The SMILES string of the molecule is Cc1ccc([C@H]2C[C@H](n3cc(COC(=O)c4ccccc4)nn3)[C@@H](O)CN2CC2CCCCC2)cc1. The first-order chi connectivity index (χ1) is 17.6. The van der Waals surface area contributed by atoms with Gasteiger partial charge in [0, 0.05) is 19.1 Å². The second kappa shape index (κ2) is 11.4. The molecule has 1 aliphatic carbocycles. The molecule has 0 unspecified atom stereocenters. The summed E-state index contributed by atoms with van der Waals surface area (Å²) in [5.41, 5.74) is 3.61. The number of nitrogens with zero attached hydrogens (tertiary/aromatic N) is 4. The molecule has 2 fully saturated rings. The van der Waals surface area contributed by atoms with E-state index in [0.717, 1.165) is 13.0 Å². The summed E-state index contributed by atoms with van der Waals surface area (Å²) >= 11 is 0. The predicted molar refractivity (Wildman–Crippen MR) is 137 cm³/mol. The number of aromatic nitrogens is 3. The Bertz CT molecular complexity index is 1120. The lowest BCUT2D eigenvalue weighted by molar-refractivity contribution is -0.0182. The average Bonchev–Trinajstić information content (AvgIpc) is 3.38. The van der Waals surface area contributed by atoms with Gasteiger partial charge in [0.1, 0.15) is 12.3 Å². The van der Waals surface area contributed by atoms with Crippen molar-refractivity contribution < 1.29 is 14.6 Å². The summed E-state index contributed by atoms with van der Waals surface area (Å²) in [5.74, 6) is 0.313. The Morgan fingerprint density at radius 3 is 2.56 bits per heavy atom. The summed E-state index contributed by atoms with van der Waals surface area (Å²) in [5, 5.41) is 19.7. The number of ether oxygens (including phenoxy) is 1. The van der Waals surface area contributed by atoms with E-state index in [1.807, 2.05) is 6.07 Å². The third-order valence-corrected chi connectivity index (χ3v) is 7.71. The minimum absolute atomic E-state index is 0.0474. The van der Waals surface area contributed by atoms with Crippen LogP contribution >= 0.6 is 0 Å². The first-order valence-electron chi connectivity index (χ1n) is 13.2. The third-order valence-electron chi connectivity index (χ3n) is 7.71. The lowest BCUT2D eigenvalue weighted by Gasteiger charge is -2.44. The van der Waals surface area contributed by atoms with Crippen molar-refractivity contribution in [1.82, 2.24) is 19.9 Å². The molecule has 1 aromatic heterocycles. The van der Waals surface area contributed by atoms with Gasteiger partial charge in [0.25, 0.3) is 0 Å². The summed E-state index contributed by atoms with van der Waals surface area (Å²) in [6, 6.07) is 17.7. The van der Waals surface area contributed by atoms with Crippen LogP contribution in [-0.4, -0.2) is 50.2 Å². The molecule has 5 rings (SSSR count). The fraction of sp³-hybridized carbons (Fsp3) is 0.483. The molecule has 2 aromatic carbocycles. The molecule has 2 aliphatic rings. The summed E-state index contributed by atoms with van der Waals surface area (Å²) < 4.78 is 7.18. The van der Waals surface area contributed by atoms with Gasteiger partial charge in [-0.05, 0) is 49.8 Å². The van der Waals surface area contributed by atoms with E-state index in [1.54, 1.807) is 35.1 Å². The van der Waals surface area contributed by atoms with Crippen LogP contribution in [0.4, 0.5) is 0 Å². The average molecular weight is 489 g/mol. The maximum Gasteiger partial charge on any atom is 0.338 e. The van der Waals surface area contributed by atoms with Gasteiger partial charge in [-0.25, -0.2) is 9.48 Å². The minimum Gasteiger partial charge on any atom is -0.455 e. The number of aryl methyl sites for hydroxylation is 1. The van der Waals surface area contributed by atoms with E-state index in [2.05, 4.69) is 46.4 Å². The summed E-state index contributed by atoms with van der Waals surface area (Å²) in [4.78, 5) is 14.8. The van der Waals surface area contributed by atoms with Crippen molar-refractivity contribution in [2.24, 2.45) is 5.92 Å². The van der Waals surface area contributed by atoms with Crippen LogP contribution in [0.15, 0.2) is 60.8 Å². The zero-order chi connectivity index (χ0) is 24.9. The Morgan fingerprint density at radius 2 is 1.81 bits per heavy atom. The topological polar surface area (TPSA) is 80.5 Å². The van der Waals surface area contributed by atoms with Crippen LogP contribution < -0.4 is 0 Å². The highest BCUT2D eigenvalue weighted by atomic mass is 16.5. The molecule has 7 heteroatoms. The van der Waals surface area contributed by atoms with Crippen LogP contribution in [0, 0.1) is 12.8 Å². The van der Waals surface area contributed by atoms with Gasteiger partial charge in [0.2, 0.25) is 0 Å². The Labute approximate surface area is 213 Å². The van der Waals surface area contributed by atoms with E-state index in [-0.39, 0.29) is 24.7 Å². The van der Waals surface area contributed by atoms with Crippen molar-refractivity contribution in [1.29, 1.82) is 0 Å². The number of β-amino-alcohol motifs (C(OH)–C–C–N with tert-alkyl or cyclic N) is 1. The lowest BCUT2D eigenvalue weighted by Crippen LogP contribution is -2.48. The van der Waals surface area contributed by atoms with Crippen molar-refractivity contribution in [3.05, 3.63) is 83.2 Å². The van der Waals surface area contributed by atoms with Crippen molar-refractivity contribution in [3.8, 4) is 0 Å². The van der Waals surface area contributed by atoms with Crippen LogP contribution in [0.2, 0.25) is 0 Å². The van der Waals surface area contributed by atoms with Crippen molar-refractivity contribution in [2.75, 3.05) is 13.1 Å².